The van der Waals surface area contributed by atoms with Gasteiger partial charge in [0.2, 0.25) is 0 Å². The van der Waals surface area contributed by atoms with Gasteiger partial charge in [0.25, 0.3) is 0 Å². The minimum Gasteiger partial charge on any atom is -0.383 e. The van der Waals surface area contributed by atoms with E-state index in [0.717, 1.165) is 44.7 Å². The number of methoxy groups -OCH3 is 1. The van der Waals surface area contributed by atoms with Crippen molar-refractivity contribution in [1.82, 2.24) is 15.5 Å². The molecule has 114 valence electrons. The number of guanidine groups is 1. The van der Waals surface area contributed by atoms with E-state index in [-0.39, 0.29) is 0 Å². The molecular weight excluding hydrogens is 240 g/mol. The number of rotatable bonds is 10. The van der Waals surface area contributed by atoms with Crippen LogP contribution in [0.3, 0.4) is 0 Å². The monoisotopic (exact) mass is 272 g/mol. The van der Waals surface area contributed by atoms with Gasteiger partial charge in [-0.2, -0.15) is 0 Å². The van der Waals surface area contributed by atoms with Gasteiger partial charge in [0, 0.05) is 40.3 Å². The molecule has 0 bridgehead atoms. The first-order valence-corrected chi connectivity index (χ1v) is 7.29. The van der Waals surface area contributed by atoms with E-state index in [2.05, 4.69) is 41.4 Å². The van der Waals surface area contributed by atoms with E-state index in [1.54, 1.807) is 7.11 Å². The summed E-state index contributed by atoms with van der Waals surface area (Å²) in [4.78, 5) is 6.48. The van der Waals surface area contributed by atoms with Gasteiger partial charge in [-0.05, 0) is 13.0 Å². The summed E-state index contributed by atoms with van der Waals surface area (Å²) in [6.07, 6.45) is 2.42. The molecule has 0 aliphatic heterocycles. The zero-order valence-corrected chi connectivity index (χ0v) is 13.3. The van der Waals surface area contributed by atoms with Crippen molar-refractivity contribution in [3.05, 3.63) is 0 Å². The van der Waals surface area contributed by atoms with Crippen LogP contribution in [0.4, 0.5) is 0 Å². The minimum atomic E-state index is 0.725. The summed E-state index contributed by atoms with van der Waals surface area (Å²) in [6.45, 7) is 9.06. The highest BCUT2D eigenvalue weighted by Gasteiger charge is 2.05. The Morgan fingerprint density at radius 2 is 1.89 bits per heavy atom. The molecule has 0 aliphatic carbocycles. The van der Waals surface area contributed by atoms with Crippen molar-refractivity contribution in [2.45, 2.75) is 26.7 Å². The lowest BCUT2D eigenvalue weighted by atomic mass is 10.0. The Bertz CT molecular complexity index is 229. The summed E-state index contributed by atoms with van der Waals surface area (Å²) in [5.74, 6) is 1.62. The molecular formula is C14H32N4O. The Balaban J connectivity index is 3.76. The zero-order chi connectivity index (χ0) is 14.5. The molecule has 0 aromatic rings. The molecule has 0 amide bonds. The van der Waals surface area contributed by atoms with Crippen molar-refractivity contribution in [3.63, 3.8) is 0 Å². The van der Waals surface area contributed by atoms with Crippen LogP contribution in [0.5, 0.6) is 0 Å². The van der Waals surface area contributed by atoms with Gasteiger partial charge in [-0.3, -0.25) is 4.99 Å². The Labute approximate surface area is 118 Å². The maximum Gasteiger partial charge on any atom is 0.191 e. The maximum atomic E-state index is 5.05. The second-order valence-electron chi connectivity index (χ2n) is 4.86. The summed E-state index contributed by atoms with van der Waals surface area (Å²) < 4.78 is 5.05. The normalized spacial score (nSPS) is 12.3. The van der Waals surface area contributed by atoms with Gasteiger partial charge >= 0.3 is 0 Å². The molecule has 0 aliphatic rings. The van der Waals surface area contributed by atoms with E-state index in [1.807, 2.05) is 7.05 Å². The lowest BCUT2D eigenvalue weighted by Crippen LogP contribution is -2.42. The lowest BCUT2D eigenvalue weighted by Gasteiger charge is -2.19. The Hall–Kier alpha value is -0.810. The van der Waals surface area contributed by atoms with Crippen molar-refractivity contribution >= 4 is 5.96 Å². The number of hydrogen-bond acceptors (Lipinski definition) is 3. The molecule has 0 spiro atoms. The van der Waals surface area contributed by atoms with Crippen LogP contribution in [0.1, 0.15) is 26.7 Å². The second kappa shape index (κ2) is 12.2. The molecule has 0 atom stereocenters. The molecule has 0 rings (SSSR count). The molecule has 0 unspecified atom stereocenters. The van der Waals surface area contributed by atoms with Gasteiger partial charge in [0.05, 0.1) is 6.61 Å². The van der Waals surface area contributed by atoms with Gasteiger partial charge in [-0.25, -0.2) is 0 Å². The fraction of sp³-hybridized carbons (Fsp3) is 0.929. The van der Waals surface area contributed by atoms with E-state index in [0.29, 0.717) is 0 Å². The quantitative estimate of drug-likeness (QED) is 0.463. The van der Waals surface area contributed by atoms with Crippen LogP contribution in [-0.2, 0) is 4.74 Å². The fourth-order valence-electron chi connectivity index (χ4n) is 1.76. The molecule has 0 saturated heterocycles. The SMILES string of the molecule is CCC(CC)CNC(=NC)NCCN(C)CCOC. The number of nitrogens with one attached hydrogen (secondary N) is 2. The second-order valence-corrected chi connectivity index (χ2v) is 4.86. The van der Waals surface area contributed by atoms with Crippen molar-refractivity contribution in [2.24, 2.45) is 10.9 Å². The Morgan fingerprint density at radius 1 is 1.21 bits per heavy atom. The summed E-state index contributed by atoms with van der Waals surface area (Å²) in [6, 6.07) is 0. The van der Waals surface area contributed by atoms with Crippen LogP contribution >= 0.6 is 0 Å². The highest BCUT2D eigenvalue weighted by Crippen LogP contribution is 2.04. The fourth-order valence-corrected chi connectivity index (χ4v) is 1.76. The first-order valence-electron chi connectivity index (χ1n) is 7.29. The summed E-state index contributed by atoms with van der Waals surface area (Å²) in [7, 11) is 5.65. The first kappa shape index (κ1) is 18.2. The van der Waals surface area contributed by atoms with Crippen molar-refractivity contribution < 1.29 is 4.74 Å². The predicted molar refractivity (Wildman–Crippen MR) is 82.8 cm³/mol. The molecule has 0 aromatic heterocycles. The minimum absolute atomic E-state index is 0.725. The van der Waals surface area contributed by atoms with Gasteiger partial charge < -0.3 is 20.3 Å². The number of hydrogen-bond donors (Lipinski definition) is 2. The molecule has 0 radical (unpaired) electrons. The number of likely N-dealkylation sites (N-methyl/N-ethyl adjacent to an activating group) is 1. The standard InChI is InChI=1S/C14H32N4O/c1-6-13(7-2)12-17-14(15-3)16-8-9-18(4)10-11-19-5/h13H,6-12H2,1-5H3,(H2,15,16,17). The number of aliphatic imine (C=N–C) groups is 1. The van der Waals surface area contributed by atoms with Gasteiger partial charge in [-0.15, -0.1) is 0 Å². The molecule has 0 saturated carbocycles. The predicted octanol–water partition coefficient (Wildman–Crippen LogP) is 1.17. The van der Waals surface area contributed by atoms with E-state index in [1.165, 1.54) is 12.8 Å². The van der Waals surface area contributed by atoms with Gasteiger partial charge in [-0.1, -0.05) is 26.7 Å². The van der Waals surface area contributed by atoms with Crippen LogP contribution < -0.4 is 10.6 Å². The molecule has 19 heavy (non-hydrogen) atoms. The van der Waals surface area contributed by atoms with Crippen LogP contribution in [0.2, 0.25) is 0 Å². The van der Waals surface area contributed by atoms with Crippen molar-refractivity contribution in [2.75, 3.05) is 54.0 Å². The molecule has 5 heteroatoms. The van der Waals surface area contributed by atoms with E-state index < -0.39 is 0 Å². The molecule has 0 heterocycles. The Kier molecular flexibility index (Phi) is 11.7. The summed E-state index contributed by atoms with van der Waals surface area (Å²) in [5.41, 5.74) is 0. The van der Waals surface area contributed by atoms with Crippen molar-refractivity contribution in [1.29, 1.82) is 0 Å². The average molecular weight is 272 g/mol. The third-order valence-corrected chi connectivity index (χ3v) is 3.40. The van der Waals surface area contributed by atoms with E-state index >= 15 is 0 Å². The lowest BCUT2D eigenvalue weighted by molar-refractivity contribution is 0.162. The average Bonchev–Trinajstić information content (AvgIpc) is 2.44. The third kappa shape index (κ3) is 9.73. The van der Waals surface area contributed by atoms with Crippen LogP contribution in [0.25, 0.3) is 0 Å². The third-order valence-electron chi connectivity index (χ3n) is 3.40. The first-order chi connectivity index (χ1) is 9.17. The summed E-state index contributed by atoms with van der Waals surface area (Å²) >= 11 is 0. The maximum absolute atomic E-state index is 5.05. The summed E-state index contributed by atoms with van der Waals surface area (Å²) in [5, 5.41) is 6.72. The van der Waals surface area contributed by atoms with Crippen LogP contribution in [0.15, 0.2) is 4.99 Å². The van der Waals surface area contributed by atoms with Crippen LogP contribution in [0, 0.1) is 5.92 Å². The highest BCUT2D eigenvalue weighted by molar-refractivity contribution is 5.79. The zero-order valence-electron chi connectivity index (χ0n) is 13.3. The van der Waals surface area contributed by atoms with E-state index in [4.69, 9.17) is 4.74 Å². The molecule has 2 N–H and O–H groups in total. The highest BCUT2D eigenvalue weighted by atomic mass is 16.5. The Morgan fingerprint density at radius 3 is 2.42 bits per heavy atom. The van der Waals surface area contributed by atoms with Crippen LogP contribution in [-0.4, -0.2) is 64.9 Å². The smallest absolute Gasteiger partial charge is 0.191 e. The molecule has 5 nitrogen and oxygen atoms in total. The number of nitrogens with zero attached hydrogens (tertiary/aromatic N) is 2. The molecule has 0 fully saturated rings. The van der Waals surface area contributed by atoms with Gasteiger partial charge in [0.1, 0.15) is 0 Å². The topological polar surface area (TPSA) is 48.9 Å². The van der Waals surface area contributed by atoms with E-state index in [9.17, 15) is 0 Å². The van der Waals surface area contributed by atoms with Gasteiger partial charge in [0.15, 0.2) is 5.96 Å². The number of ether oxygens (including phenoxy) is 1. The largest absolute Gasteiger partial charge is 0.383 e. The molecule has 0 aromatic carbocycles. The van der Waals surface area contributed by atoms with Crippen molar-refractivity contribution in [3.8, 4) is 0 Å².